The number of benzene rings is 1. The molecule has 0 aliphatic carbocycles. The molecular weight excluding hydrogens is 362 g/mol. The highest BCUT2D eigenvalue weighted by atomic mass is 16.6. The van der Waals surface area contributed by atoms with Gasteiger partial charge < -0.3 is 13.9 Å². The molecule has 28 heavy (non-hydrogen) atoms. The second-order valence-electron chi connectivity index (χ2n) is 8.05. The number of aryl methyl sites for hydroxylation is 1. The third-order valence-corrected chi connectivity index (χ3v) is 4.80. The molecule has 2 heterocycles. The molecule has 1 unspecified atom stereocenters. The number of ether oxygens (including phenoxy) is 2. The molecule has 7 nitrogen and oxygen atoms in total. The van der Waals surface area contributed by atoms with E-state index in [0.29, 0.717) is 30.5 Å². The van der Waals surface area contributed by atoms with Gasteiger partial charge in [-0.2, -0.15) is 0 Å². The first-order valence-corrected chi connectivity index (χ1v) is 9.32. The molecule has 0 bridgehead atoms. The molecule has 2 aromatic rings. The number of likely N-dealkylation sites (tertiary alicyclic amines) is 1. The van der Waals surface area contributed by atoms with Gasteiger partial charge in [-0.15, -0.1) is 0 Å². The van der Waals surface area contributed by atoms with Crippen LogP contribution in [0.15, 0.2) is 27.4 Å². The minimum atomic E-state index is -0.697. The molecule has 1 aliphatic rings. The van der Waals surface area contributed by atoms with Crippen molar-refractivity contribution >= 4 is 23.0 Å². The molecule has 1 amide bonds. The lowest BCUT2D eigenvalue weighted by atomic mass is 10.1. The van der Waals surface area contributed by atoms with E-state index in [-0.39, 0.29) is 5.75 Å². The molecule has 0 N–H and O–H groups in total. The number of nitrogens with zero attached hydrogens (tertiary/aromatic N) is 1. The van der Waals surface area contributed by atoms with Crippen LogP contribution < -0.4 is 10.4 Å². The number of esters is 1. The summed E-state index contributed by atoms with van der Waals surface area (Å²) in [6.07, 6.45) is 0.686. The van der Waals surface area contributed by atoms with Gasteiger partial charge in [-0.05, 0) is 65.2 Å². The first-order chi connectivity index (χ1) is 13.1. The van der Waals surface area contributed by atoms with Crippen LogP contribution in [-0.4, -0.2) is 35.2 Å². The number of carbonyl (C=O) groups is 2. The summed E-state index contributed by atoms with van der Waals surface area (Å²) < 4.78 is 16.2. The molecule has 150 valence electrons. The fourth-order valence-corrected chi connectivity index (χ4v) is 3.23. The molecule has 1 atom stereocenters. The van der Waals surface area contributed by atoms with Gasteiger partial charge in [0.1, 0.15) is 23.0 Å². The first kappa shape index (κ1) is 19.9. The average molecular weight is 387 g/mol. The van der Waals surface area contributed by atoms with Crippen LogP contribution >= 0.6 is 0 Å². The maximum Gasteiger partial charge on any atom is 0.411 e. The Morgan fingerprint density at radius 2 is 1.89 bits per heavy atom. The zero-order valence-electron chi connectivity index (χ0n) is 16.8. The van der Waals surface area contributed by atoms with Crippen LogP contribution in [0.3, 0.4) is 0 Å². The van der Waals surface area contributed by atoms with E-state index in [1.54, 1.807) is 39.8 Å². The van der Waals surface area contributed by atoms with Crippen molar-refractivity contribution in [2.45, 2.75) is 59.1 Å². The van der Waals surface area contributed by atoms with Gasteiger partial charge in [-0.25, -0.2) is 14.4 Å². The standard InChI is InChI=1S/C21H25NO6/c1-12-13(2)18(23)27-17-11-14(8-9-15(12)17)26-19(24)16-7-6-10-22(16)20(25)28-21(3,4)5/h8-9,11,16H,6-7,10H2,1-5H3. The van der Waals surface area contributed by atoms with Gasteiger partial charge in [0.05, 0.1) is 0 Å². The van der Waals surface area contributed by atoms with Gasteiger partial charge in [0, 0.05) is 23.6 Å². The molecular formula is C21H25NO6. The number of carbonyl (C=O) groups excluding carboxylic acids is 2. The summed E-state index contributed by atoms with van der Waals surface area (Å²) in [4.78, 5) is 38.3. The van der Waals surface area contributed by atoms with Crippen LogP contribution in [0.5, 0.6) is 5.75 Å². The Morgan fingerprint density at radius 3 is 2.57 bits per heavy atom. The van der Waals surface area contributed by atoms with Crippen LogP contribution in [0.1, 0.15) is 44.7 Å². The number of amides is 1. The predicted molar refractivity (Wildman–Crippen MR) is 104 cm³/mol. The lowest BCUT2D eigenvalue weighted by Gasteiger charge is -2.27. The van der Waals surface area contributed by atoms with E-state index in [9.17, 15) is 14.4 Å². The van der Waals surface area contributed by atoms with Crippen molar-refractivity contribution < 1.29 is 23.5 Å². The molecule has 0 radical (unpaired) electrons. The van der Waals surface area contributed by atoms with Crippen molar-refractivity contribution in [1.82, 2.24) is 4.90 Å². The highest BCUT2D eigenvalue weighted by Crippen LogP contribution is 2.26. The largest absolute Gasteiger partial charge is 0.444 e. The Labute approximate surface area is 163 Å². The highest BCUT2D eigenvalue weighted by molar-refractivity contribution is 5.86. The van der Waals surface area contributed by atoms with Gasteiger partial charge >= 0.3 is 17.7 Å². The van der Waals surface area contributed by atoms with Crippen molar-refractivity contribution in [1.29, 1.82) is 0 Å². The van der Waals surface area contributed by atoms with E-state index in [1.165, 1.54) is 11.0 Å². The quantitative estimate of drug-likeness (QED) is 0.444. The molecule has 0 spiro atoms. The predicted octanol–water partition coefficient (Wildman–Crippen LogP) is 3.71. The lowest BCUT2D eigenvalue weighted by Crippen LogP contribution is -2.44. The monoisotopic (exact) mass is 387 g/mol. The Hall–Kier alpha value is -2.83. The lowest BCUT2D eigenvalue weighted by molar-refractivity contribution is -0.139. The summed E-state index contributed by atoms with van der Waals surface area (Å²) in [5.41, 5.74) is 0.682. The molecule has 1 fully saturated rings. The number of rotatable bonds is 2. The normalized spacial score (nSPS) is 17.0. The Balaban J connectivity index is 1.79. The SMILES string of the molecule is Cc1c(C)c2ccc(OC(=O)C3CCCN3C(=O)OC(C)(C)C)cc2oc1=O. The summed E-state index contributed by atoms with van der Waals surface area (Å²) in [6, 6.07) is 4.23. The molecule has 1 saturated heterocycles. The third-order valence-electron chi connectivity index (χ3n) is 4.80. The Kier molecular flexibility index (Phi) is 5.19. The summed E-state index contributed by atoms with van der Waals surface area (Å²) >= 11 is 0. The molecule has 1 aromatic heterocycles. The minimum absolute atomic E-state index is 0.264. The summed E-state index contributed by atoms with van der Waals surface area (Å²) in [7, 11) is 0. The Bertz CT molecular complexity index is 985. The van der Waals surface area contributed by atoms with Gasteiger partial charge in [-0.1, -0.05) is 0 Å². The van der Waals surface area contributed by atoms with Crippen molar-refractivity contribution in [3.8, 4) is 5.75 Å². The molecule has 7 heteroatoms. The smallest absolute Gasteiger partial charge is 0.411 e. The van der Waals surface area contributed by atoms with Crippen LogP contribution in [0.25, 0.3) is 11.0 Å². The van der Waals surface area contributed by atoms with E-state index in [0.717, 1.165) is 10.9 Å². The zero-order valence-corrected chi connectivity index (χ0v) is 16.8. The number of hydrogen-bond donors (Lipinski definition) is 0. The van der Waals surface area contributed by atoms with Crippen molar-refractivity contribution in [3.05, 3.63) is 39.7 Å². The maximum atomic E-state index is 12.7. The van der Waals surface area contributed by atoms with Gasteiger partial charge in [-0.3, -0.25) is 4.90 Å². The summed E-state index contributed by atoms with van der Waals surface area (Å²) in [5, 5.41) is 0.785. The van der Waals surface area contributed by atoms with E-state index >= 15 is 0 Å². The van der Waals surface area contributed by atoms with E-state index < -0.39 is 29.3 Å². The van der Waals surface area contributed by atoms with Gasteiger partial charge in [0.2, 0.25) is 0 Å². The van der Waals surface area contributed by atoms with Crippen LogP contribution in [0.4, 0.5) is 4.79 Å². The molecule has 3 rings (SSSR count). The topological polar surface area (TPSA) is 86.1 Å². The fourth-order valence-electron chi connectivity index (χ4n) is 3.23. The average Bonchev–Trinajstić information content (AvgIpc) is 3.08. The van der Waals surface area contributed by atoms with E-state index in [2.05, 4.69) is 0 Å². The van der Waals surface area contributed by atoms with E-state index in [1.807, 2.05) is 6.92 Å². The first-order valence-electron chi connectivity index (χ1n) is 9.32. The third kappa shape index (κ3) is 4.03. The second kappa shape index (κ2) is 7.30. The zero-order chi connectivity index (χ0) is 20.6. The van der Waals surface area contributed by atoms with Crippen molar-refractivity contribution in [3.63, 3.8) is 0 Å². The highest BCUT2D eigenvalue weighted by Gasteiger charge is 2.37. The van der Waals surface area contributed by atoms with Gasteiger partial charge in [0.15, 0.2) is 0 Å². The number of fused-ring (bicyclic) bond motifs is 1. The fraction of sp³-hybridized carbons (Fsp3) is 0.476. The number of hydrogen-bond acceptors (Lipinski definition) is 6. The maximum absolute atomic E-state index is 12.7. The summed E-state index contributed by atoms with van der Waals surface area (Å²) in [6.45, 7) is 9.33. The molecule has 1 aliphatic heterocycles. The molecule has 0 saturated carbocycles. The van der Waals surface area contributed by atoms with Crippen LogP contribution in [0.2, 0.25) is 0 Å². The summed E-state index contributed by atoms with van der Waals surface area (Å²) in [5.74, 6) is -0.270. The van der Waals surface area contributed by atoms with Crippen molar-refractivity contribution in [2.75, 3.05) is 6.54 Å². The van der Waals surface area contributed by atoms with E-state index in [4.69, 9.17) is 13.9 Å². The molecule has 1 aromatic carbocycles. The van der Waals surface area contributed by atoms with Crippen LogP contribution in [0, 0.1) is 13.8 Å². The van der Waals surface area contributed by atoms with Crippen LogP contribution in [-0.2, 0) is 9.53 Å². The minimum Gasteiger partial charge on any atom is -0.444 e. The van der Waals surface area contributed by atoms with Gasteiger partial charge in [0.25, 0.3) is 0 Å². The Morgan fingerprint density at radius 1 is 1.18 bits per heavy atom. The second-order valence-corrected chi connectivity index (χ2v) is 8.05. The van der Waals surface area contributed by atoms with Crippen molar-refractivity contribution in [2.24, 2.45) is 0 Å².